The fourth-order valence-electron chi connectivity index (χ4n) is 1.26. The first-order valence-corrected chi connectivity index (χ1v) is 4.82. The quantitative estimate of drug-likeness (QED) is 0.770. The second-order valence-corrected chi connectivity index (χ2v) is 3.55. The van der Waals surface area contributed by atoms with Crippen molar-refractivity contribution in [3.63, 3.8) is 0 Å². The van der Waals surface area contributed by atoms with Crippen molar-refractivity contribution < 1.29 is 5.11 Å². The Morgan fingerprint density at radius 1 is 1.54 bits per heavy atom. The average Bonchev–Trinajstić information content (AvgIpc) is 2.19. The molecule has 1 heterocycles. The molecule has 0 aliphatic heterocycles. The monoisotopic (exact) mass is 179 g/mol. The fraction of sp³-hybridized carbons (Fsp3) is 0.545. The smallest absolute Gasteiger partial charge is 0.0807 e. The van der Waals surface area contributed by atoms with Crippen molar-refractivity contribution >= 4 is 0 Å². The molecule has 0 spiro atoms. The van der Waals surface area contributed by atoms with Gasteiger partial charge < -0.3 is 5.11 Å². The number of aliphatic hydroxyl groups is 1. The molecule has 0 fully saturated rings. The predicted octanol–water partition coefficient (Wildman–Crippen LogP) is 2.55. The summed E-state index contributed by atoms with van der Waals surface area (Å²) < 4.78 is 0. The number of hydrogen-bond acceptors (Lipinski definition) is 2. The summed E-state index contributed by atoms with van der Waals surface area (Å²) in [4.78, 5) is 3.98. The summed E-state index contributed by atoms with van der Waals surface area (Å²) in [5.74, 6) is 0.565. The van der Waals surface area contributed by atoms with Gasteiger partial charge in [0.1, 0.15) is 0 Å². The van der Waals surface area contributed by atoms with E-state index in [1.54, 1.807) is 12.4 Å². The molecule has 0 aliphatic carbocycles. The van der Waals surface area contributed by atoms with Gasteiger partial charge in [0.25, 0.3) is 0 Å². The Labute approximate surface area is 79.6 Å². The van der Waals surface area contributed by atoms with Gasteiger partial charge in [-0.25, -0.2) is 0 Å². The van der Waals surface area contributed by atoms with Crippen LogP contribution >= 0.6 is 0 Å². The topological polar surface area (TPSA) is 33.1 Å². The lowest BCUT2D eigenvalue weighted by molar-refractivity contribution is 0.146. The Balaban J connectivity index is 2.53. The van der Waals surface area contributed by atoms with Crippen molar-refractivity contribution in [2.24, 2.45) is 5.92 Å². The summed E-state index contributed by atoms with van der Waals surface area (Å²) in [5.41, 5.74) is 0.919. The summed E-state index contributed by atoms with van der Waals surface area (Å²) >= 11 is 0. The van der Waals surface area contributed by atoms with Gasteiger partial charge in [-0.15, -0.1) is 0 Å². The van der Waals surface area contributed by atoms with Gasteiger partial charge in [0.2, 0.25) is 0 Å². The molecule has 2 unspecified atom stereocenters. The summed E-state index contributed by atoms with van der Waals surface area (Å²) in [7, 11) is 0. The van der Waals surface area contributed by atoms with Crippen LogP contribution in [0.15, 0.2) is 24.5 Å². The average molecular weight is 179 g/mol. The van der Waals surface area contributed by atoms with Crippen molar-refractivity contribution in [3.8, 4) is 0 Å². The molecule has 0 saturated carbocycles. The standard InChI is InChI=1S/C11H17NO/c1-3-9(2)7-11(13)10-5-4-6-12-8-10/h4-6,8-9,11,13H,3,7H2,1-2H3. The molecule has 13 heavy (non-hydrogen) atoms. The molecule has 2 nitrogen and oxygen atoms in total. The molecule has 1 aromatic rings. The Morgan fingerprint density at radius 3 is 2.85 bits per heavy atom. The molecule has 2 heteroatoms. The van der Waals surface area contributed by atoms with Gasteiger partial charge in [-0.1, -0.05) is 26.3 Å². The normalized spacial score (nSPS) is 15.3. The number of rotatable bonds is 4. The predicted molar refractivity (Wildman–Crippen MR) is 53.3 cm³/mol. The minimum atomic E-state index is -0.358. The SMILES string of the molecule is CCC(C)CC(O)c1cccnc1. The molecule has 1 N–H and O–H groups in total. The molecular weight excluding hydrogens is 162 g/mol. The molecular formula is C11H17NO. The molecule has 1 rings (SSSR count). The van der Waals surface area contributed by atoms with Crippen LogP contribution in [-0.4, -0.2) is 10.1 Å². The van der Waals surface area contributed by atoms with Gasteiger partial charge in [0.15, 0.2) is 0 Å². The Kier molecular flexibility index (Phi) is 3.90. The third-order valence-corrected chi connectivity index (χ3v) is 2.39. The van der Waals surface area contributed by atoms with Crippen molar-refractivity contribution in [1.29, 1.82) is 0 Å². The maximum Gasteiger partial charge on any atom is 0.0807 e. The fourth-order valence-corrected chi connectivity index (χ4v) is 1.26. The Bertz CT molecular complexity index is 235. The van der Waals surface area contributed by atoms with Crippen LogP contribution in [0.25, 0.3) is 0 Å². The van der Waals surface area contributed by atoms with E-state index in [1.165, 1.54) is 0 Å². The first-order valence-electron chi connectivity index (χ1n) is 4.82. The van der Waals surface area contributed by atoms with Crippen LogP contribution in [-0.2, 0) is 0 Å². The third kappa shape index (κ3) is 3.15. The largest absolute Gasteiger partial charge is 0.388 e. The first-order chi connectivity index (χ1) is 6.24. The Hall–Kier alpha value is -0.890. The maximum absolute atomic E-state index is 9.78. The molecule has 2 atom stereocenters. The summed E-state index contributed by atoms with van der Waals surface area (Å²) in [6, 6.07) is 3.77. The van der Waals surface area contributed by atoms with E-state index < -0.39 is 0 Å². The maximum atomic E-state index is 9.78. The van der Waals surface area contributed by atoms with Crippen LogP contribution in [0.4, 0.5) is 0 Å². The minimum Gasteiger partial charge on any atom is -0.388 e. The van der Waals surface area contributed by atoms with Gasteiger partial charge in [0, 0.05) is 12.4 Å². The Morgan fingerprint density at radius 2 is 2.31 bits per heavy atom. The highest BCUT2D eigenvalue weighted by atomic mass is 16.3. The summed E-state index contributed by atoms with van der Waals surface area (Å²) in [6.45, 7) is 4.29. The van der Waals surface area contributed by atoms with E-state index in [0.29, 0.717) is 5.92 Å². The van der Waals surface area contributed by atoms with Crippen molar-refractivity contribution in [2.45, 2.75) is 32.8 Å². The zero-order chi connectivity index (χ0) is 9.68. The number of aromatic nitrogens is 1. The van der Waals surface area contributed by atoms with Crippen molar-refractivity contribution in [1.82, 2.24) is 4.98 Å². The summed E-state index contributed by atoms with van der Waals surface area (Å²) in [5, 5.41) is 9.78. The highest BCUT2D eigenvalue weighted by Gasteiger charge is 2.10. The van der Waals surface area contributed by atoms with E-state index in [9.17, 15) is 5.11 Å². The van der Waals surface area contributed by atoms with Crippen LogP contribution < -0.4 is 0 Å². The van der Waals surface area contributed by atoms with Crippen molar-refractivity contribution in [3.05, 3.63) is 30.1 Å². The van der Waals surface area contributed by atoms with E-state index in [0.717, 1.165) is 18.4 Å². The second kappa shape index (κ2) is 4.97. The molecule has 0 saturated heterocycles. The van der Waals surface area contributed by atoms with Crippen molar-refractivity contribution in [2.75, 3.05) is 0 Å². The number of nitrogens with zero attached hydrogens (tertiary/aromatic N) is 1. The van der Waals surface area contributed by atoms with Gasteiger partial charge in [-0.05, 0) is 24.0 Å². The lowest BCUT2D eigenvalue weighted by atomic mass is 9.97. The zero-order valence-electron chi connectivity index (χ0n) is 8.27. The minimum absolute atomic E-state index is 0.358. The number of aliphatic hydroxyl groups excluding tert-OH is 1. The molecule has 0 aromatic carbocycles. The zero-order valence-corrected chi connectivity index (χ0v) is 8.27. The van der Waals surface area contributed by atoms with Crippen LogP contribution in [0.1, 0.15) is 38.4 Å². The summed E-state index contributed by atoms with van der Waals surface area (Å²) in [6.07, 6.45) is 5.02. The van der Waals surface area contributed by atoms with Crippen LogP contribution in [0.2, 0.25) is 0 Å². The van der Waals surface area contributed by atoms with Crippen LogP contribution in [0.3, 0.4) is 0 Å². The molecule has 0 radical (unpaired) electrons. The van der Waals surface area contributed by atoms with Gasteiger partial charge >= 0.3 is 0 Å². The molecule has 0 bridgehead atoms. The number of hydrogen-bond donors (Lipinski definition) is 1. The second-order valence-electron chi connectivity index (χ2n) is 3.55. The molecule has 1 aromatic heterocycles. The lowest BCUT2D eigenvalue weighted by Gasteiger charge is -2.14. The molecule has 0 amide bonds. The van der Waals surface area contributed by atoms with Crippen LogP contribution in [0, 0.1) is 5.92 Å². The lowest BCUT2D eigenvalue weighted by Crippen LogP contribution is -2.03. The molecule has 72 valence electrons. The van der Waals surface area contributed by atoms with E-state index in [-0.39, 0.29) is 6.10 Å². The highest BCUT2D eigenvalue weighted by Crippen LogP contribution is 2.21. The van der Waals surface area contributed by atoms with Gasteiger partial charge in [-0.3, -0.25) is 4.98 Å². The third-order valence-electron chi connectivity index (χ3n) is 2.39. The first kappa shape index (κ1) is 10.2. The molecule has 0 aliphatic rings. The van der Waals surface area contributed by atoms with Gasteiger partial charge in [-0.2, -0.15) is 0 Å². The van der Waals surface area contributed by atoms with E-state index >= 15 is 0 Å². The van der Waals surface area contributed by atoms with E-state index in [4.69, 9.17) is 0 Å². The van der Waals surface area contributed by atoms with E-state index in [1.807, 2.05) is 12.1 Å². The van der Waals surface area contributed by atoms with Crippen LogP contribution in [0.5, 0.6) is 0 Å². The van der Waals surface area contributed by atoms with E-state index in [2.05, 4.69) is 18.8 Å². The highest BCUT2D eigenvalue weighted by molar-refractivity contribution is 5.11. The van der Waals surface area contributed by atoms with Gasteiger partial charge in [0.05, 0.1) is 6.10 Å². The number of pyridine rings is 1.